The minimum atomic E-state index is -6.08. The van der Waals surface area contributed by atoms with Gasteiger partial charge in [0.1, 0.15) is 0 Å². The normalized spacial score (nSPS) is 13.4. The Morgan fingerprint density at radius 3 is 2.06 bits per heavy atom. The van der Waals surface area contributed by atoms with Gasteiger partial charge in [-0.05, 0) is 0 Å². The van der Waals surface area contributed by atoms with E-state index < -0.39 is 33.4 Å². The van der Waals surface area contributed by atoms with Gasteiger partial charge in [-0.15, -0.1) is 0 Å². The molecule has 18 heavy (non-hydrogen) atoms. The molecule has 5 nitrogen and oxygen atoms in total. The van der Waals surface area contributed by atoms with E-state index >= 15 is 0 Å². The number of nitrogens with zero attached hydrogens (tertiary/aromatic N) is 2. The van der Waals surface area contributed by atoms with Crippen molar-refractivity contribution in [1.82, 2.24) is 9.97 Å². The lowest BCUT2D eigenvalue weighted by Crippen LogP contribution is -2.28. The summed E-state index contributed by atoms with van der Waals surface area (Å²) in [5.41, 5.74) is -7.46. The van der Waals surface area contributed by atoms with Crippen molar-refractivity contribution >= 4 is 10.1 Å². The fraction of sp³-hybridized carbons (Fsp3) is 0.333. The molecule has 1 aromatic rings. The molecular formula is C6H2F6N2O3S. The summed E-state index contributed by atoms with van der Waals surface area (Å²) in [6.07, 6.45) is -4.49. The number of aromatic nitrogens is 2. The first kappa shape index (κ1) is 14.5. The van der Waals surface area contributed by atoms with Gasteiger partial charge in [0.2, 0.25) is 0 Å². The predicted octanol–water partition coefficient (Wildman–Crippen LogP) is 1.72. The topological polar surface area (TPSA) is 69.2 Å². The minimum absolute atomic E-state index is 0.201. The van der Waals surface area contributed by atoms with E-state index in [1.165, 1.54) is 0 Å². The molecule has 0 aliphatic carbocycles. The molecule has 0 saturated heterocycles. The number of halogens is 6. The van der Waals surface area contributed by atoms with Gasteiger partial charge in [-0.2, -0.15) is 34.8 Å². The molecule has 0 aliphatic rings. The van der Waals surface area contributed by atoms with E-state index in [9.17, 15) is 34.8 Å². The van der Waals surface area contributed by atoms with Crippen LogP contribution in [0.25, 0.3) is 0 Å². The average Bonchev–Trinajstić information content (AvgIpc) is 2.14. The maximum absolute atomic E-state index is 12.1. The average molecular weight is 296 g/mol. The Kier molecular flexibility index (Phi) is 3.42. The zero-order valence-corrected chi connectivity index (χ0v) is 8.77. The molecular weight excluding hydrogens is 294 g/mol. The van der Waals surface area contributed by atoms with E-state index in [0.29, 0.717) is 6.20 Å². The third-order valence-electron chi connectivity index (χ3n) is 1.38. The van der Waals surface area contributed by atoms with Crippen LogP contribution in [0.3, 0.4) is 0 Å². The lowest BCUT2D eigenvalue weighted by atomic mass is 10.4. The maximum atomic E-state index is 12.1. The Hall–Kier alpha value is -1.59. The second-order valence-corrected chi connectivity index (χ2v) is 4.26. The standard InChI is InChI=1S/C6H2F6N2O3S/c7-5(8,9)3-1-13-2-4(14-3)17-18(15,16)6(10,11)12/h1-2H. The summed E-state index contributed by atoms with van der Waals surface area (Å²) >= 11 is 0. The van der Waals surface area contributed by atoms with Crippen LogP contribution in [0.15, 0.2) is 12.4 Å². The Balaban J connectivity index is 3.08. The summed E-state index contributed by atoms with van der Waals surface area (Å²) in [6.45, 7) is 0. The van der Waals surface area contributed by atoms with Crippen LogP contribution in [0.4, 0.5) is 26.3 Å². The van der Waals surface area contributed by atoms with Gasteiger partial charge in [0.05, 0.1) is 12.4 Å². The summed E-state index contributed by atoms with van der Waals surface area (Å²) in [4.78, 5) is 5.43. The van der Waals surface area contributed by atoms with Crippen LogP contribution < -0.4 is 4.18 Å². The first-order chi connectivity index (χ1) is 7.93. The summed E-state index contributed by atoms with van der Waals surface area (Å²) in [7, 11) is -6.08. The van der Waals surface area contributed by atoms with Gasteiger partial charge in [0, 0.05) is 0 Å². The highest BCUT2D eigenvalue weighted by Gasteiger charge is 2.49. The zero-order chi connectivity index (χ0) is 14.2. The minimum Gasteiger partial charge on any atom is -0.354 e. The summed E-state index contributed by atoms with van der Waals surface area (Å²) in [5, 5.41) is 0. The molecule has 0 bridgehead atoms. The first-order valence-electron chi connectivity index (χ1n) is 3.83. The molecule has 1 rings (SSSR count). The van der Waals surface area contributed by atoms with Gasteiger partial charge in [-0.1, -0.05) is 0 Å². The van der Waals surface area contributed by atoms with E-state index in [4.69, 9.17) is 0 Å². The van der Waals surface area contributed by atoms with E-state index in [1.54, 1.807) is 0 Å². The highest BCUT2D eigenvalue weighted by atomic mass is 32.2. The molecule has 12 heteroatoms. The second kappa shape index (κ2) is 4.26. The maximum Gasteiger partial charge on any atom is 0.534 e. The van der Waals surface area contributed by atoms with Gasteiger partial charge < -0.3 is 4.18 Å². The SMILES string of the molecule is O=S(=O)(Oc1cncc(C(F)(F)F)n1)C(F)(F)F. The predicted molar refractivity (Wildman–Crippen MR) is 42.6 cm³/mol. The third kappa shape index (κ3) is 3.21. The fourth-order valence-corrected chi connectivity index (χ4v) is 1.08. The molecule has 0 radical (unpaired) electrons. The molecule has 0 fully saturated rings. The van der Waals surface area contributed by atoms with Crippen molar-refractivity contribution in [3.05, 3.63) is 18.1 Å². The monoisotopic (exact) mass is 296 g/mol. The molecule has 0 atom stereocenters. The third-order valence-corrected chi connectivity index (χ3v) is 2.34. The number of alkyl halides is 6. The molecule has 102 valence electrons. The van der Waals surface area contributed by atoms with Gasteiger partial charge in [0.25, 0.3) is 5.88 Å². The van der Waals surface area contributed by atoms with Crippen molar-refractivity contribution in [1.29, 1.82) is 0 Å². The highest BCUT2D eigenvalue weighted by molar-refractivity contribution is 7.87. The molecule has 0 aromatic carbocycles. The van der Waals surface area contributed by atoms with Crippen LogP contribution in [0, 0.1) is 0 Å². The summed E-state index contributed by atoms with van der Waals surface area (Å²) in [6, 6.07) is 0. The van der Waals surface area contributed by atoms with Crippen LogP contribution in [-0.4, -0.2) is 23.9 Å². The summed E-state index contributed by atoms with van der Waals surface area (Å²) in [5.74, 6) is -1.43. The van der Waals surface area contributed by atoms with Crippen molar-refractivity contribution in [2.24, 2.45) is 0 Å². The Bertz CT molecular complexity index is 537. The lowest BCUT2D eigenvalue weighted by Gasteiger charge is -2.09. The largest absolute Gasteiger partial charge is 0.534 e. The lowest BCUT2D eigenvalue weighted by molar-refractivity contribution is -0.141. The highest BCUT2D eigenvalue weighted by Crippen LogP contribution is 2.30. The Labute approximate surface area is 95.5 Å². The van der Waals surface area contributed by atoms with E-state index in [0.717, 1.165) is 0 Å². The van der Waals surface area contributed by atoms with E-state index in [2.05, 4.69) is 14.2 Å². The molecule has 0 amide bonds. The van der Waals surface area contributed by atoms with Gasteiger partial charge >= 0.3 is 21.8 Å². The smallest absolute Gasteiger partial charge is 0.354 e. The van der Waals surface area contributed by atoms with Gasteiger partial charge in [-0.25, -0.2) is 4.98 Å². The second-order valence-electron chi connectivity index (χ2n) is 2.72. The van der Waals surface area contributed by atoms with Crippen LogP contribution in [-0.2, 0) is 16.3 Å². The van der Waals surface area contributed by atoms with Crippen molar-refractivity contribution in [3.63, 3.8) is 0 Å². The van der Waals surface area contributed by atoms with Crippen LogP contribution in [0.2, 0.25) is 0 Å². The van der Waals surface area contributed by atoms with Gasteiger partial charge in [-0.3, -0.25) is 4.98 Å². The van der Waals surface area contributed by atoms with E-state index in [1.807, 2.05) is 0 Å². The number of rotatable bonds is 2. The number of hydrogen-bond donors (Lipinski definition) is 0. The quantitative estimate of drug-likeness (QED) is 0.472. The first-order valence-corrected chi connectivity index (χ1v) is 5.24. The van der Waals surface area contributed by atoms with Crippen LogP contribution in [0.1, 0.15) is 5.69 Å². The Morgan fingerprint density at radius 1 is 1.06 bits per heavy atom. The molecule has 0 spiro atoms. The van der Waals surface area contributed by atoms with Crippen LogP contribution >= 0.6 is 0 Å². The van der Waals surface area contributed by atoms with Crippen molar-refractivity contribution in [2.75, 3.05) is 0 Å². The zero-order valence-electron chi connectivity index (χ0n) is 7.95. The van der Waals surface area contributed by atoms with E-state index in [-0.39, 0.29) is 6.20 Å². The molecule has 0 unspecified atom stereocenters. The molecule has 0 saturated carbocycles. The van der Waals surface area contributed by atoms with Crippen molar-refractivity contribution < 1.29 is 38.9 Å². The molecule has 1 heterocycles. The van der Waals surface area contributed by atoms with Crippen molar-refractivity contribution in [2.45, 2.75) is 11.7 Å². The molecule has 0 aliphatic heterocycles. The van der Waals surface area contributed by atoms with Gasteiger partial charge in [0.15, 0.2) is 5.69 Å². The molecule has 1 aromatic heterocycles. The number of hydrogen-bond acceptors (Lipinski definition) is 5. The summed E-state index contributed by atoms with van der Waals surface area (Å²) < 4.78 is 96.3. The van der Waals surface area contributed by atoms with Crippen molar-refractivity contribution in [3.8, 4) is 5.88 Å². The Morgan fingerprint density at radius 2 is 1.61 bits per heavy atom. The fourth-order valence-electron chi connectivity index (χ4n) is 0.684. The van der Waals surface area contributed by atoms with Crippen LogP contribution in [0.5, 0.6) is 5.88 Å². The molecule has 0 N–H and O–H groups in total.